The molecule has 0 aliphatic heterocycles. The number of rotatable bonds is 4. The van der Waals surface area contributed by atoms with E-state index < -0.39 is 0 Å². The van der Waals surface area contributed by atoms with Gasteiger partial charge >= 0.3 is 0 Å². The average molecular weight is 220 g/mol. The molecule has 1 atom stereocenters. The molecule has 0 amide bonds. The Bertz CT molecular complexity index is 444. The molecular formula is C10H16N6. The van der Waals surface area contributed by atoms with Crippen LogP contribution in [0.25, 0.3) is 0 Å². The normalized spacial score (nSPS) is 12.6. The molecule has 0 aliphatic rings. The molecule has 0 radical (unpaired) electrons. The predicted molar refractivity (Wildman–Crippen MR) is 62.9 cm³/mol. The van der Waals surface area contributed by atoms with Crippen molar-refractivity contribution in [3.8, 4) is 0 Å². The molecule has 3 N–H and O–H groups in total. The molecule has 2 aromatic rings. The lowest BCUT2D eigenvalue weighted by Crippen LogP contribution is -2.23. The number of aryl methyl sites for hydroxylation is 1. The average Bonchev–Trinajstić information content (AvgIpc) is 2.78. The summed E-state index contributed by atoms with van der Waals surface area (Å²) in [6.07, 6.45) is 5.48. The monoisotopic (exact) mass is 220 g/mol. The molecule has 0 bridgehead atoms. The smallest absolute Gasteiger partial charge is 0.171 e. The maximum absolute atomic E-state index is 5.79. The van der Waals surface area contributed by atoms with Crippen molar-refractivity contribution in [2.45, 2.75) is 19.5 Å². The van der Waals surface area contributed by atoms with Crippen LogP contribution >= 0.6 is 0 Å². The number of nitrogen functional groups attached to an aromatic ring is 1. The van der Waals surface area contributed by atoms with Gasteiger partial charge in [0.05, 0.1) is 12.2 Å². The first-order valence-electron chi connectivity index (χ1n) is 5.18. The van der Waals surface area contributed by atoms with Crippen LogP contribution < -0.4 is 11.1 Å². The number of aromatic nitrogens is 4. The minimum atomic E-state index is 0.220. The molecule has 2 heterocycles. The van der Waals surface area contributed by atoms with Crippen molar-refractivity contribution in [1.82, 2.24) is 19.6 Å². The molecule has 16 heavy (non-hydrogen) atoms. The van der Waals surface area contributed by atoms with E-state index in [1.54, 1.807) is 17.1 Å². The molecule has 2 rings (SSSR count). The quantitative estimate of drug-likeness (QED) is 0.795. The van der Waals surface area contributed by atoms with Crippen LogP contribution in [0.15, 0.2) is 24.7 Å². The van der Waals surface area contributed by atoms with Crippen LogP contribution in [-0.4, -0.2) is 25.6 Å². The van der Waals surface area contributed by atoms with Crippen molar-refractivity contribution in [1.29, 1.82) is 0 Å². The first-order valence-corrected chi connectivity index (χ1v) is 5.18. The zero-order valence-corrected chi connectivity index (χ0v) is 9.46. The maximum atomic E-state index is 5.79. The van der Waals surface area contributed by atoms with Crippen LogP contribution in [-0.2, 0) is 13.6 Å². The molecule has 1 unspecified atom stereocenters. The van der Waals surface area contributed by atoms with Crippen LogP contribution in [0.3, 0.4) is 0 Å². The van der Waals surface area contributed by atoms with Crippen molar-refractivity contribution in [3.63, 3.8) is 0 Å². The summed E-state index contributed by atoms with van der Waals surface area (Å²) >= 11 is 0. The van der Waals surface area contributed by atoms with E-state index in [0.717, 1.165) is 12.4 Å². The van der Waals surface area contributed by atoms with Crippen molar-refractivity contribution in [2.24, 2.45) is 7.05 Å². The van der Waals surface area contributed by atoms with Gasteiger partial charge in [-0.2, -0.15) is 10.2 Å². The predicted octanol–water partition coefficient (Wildman–Crippen LogP) is 0.699. The summed E-state index contributed by atoms with van der Waals surface area (Å²) in [4.78, 5) is 0. The third-order valence-corrected chi connectivity index (χ3v) is 2.26. The summed E-state index contributed by atoms with van der Waals surface area (Å²) in [7, 11) is 1.85. The Morgan fingerprint density at radius 3 is 2.94 bits per heavy atom. The van der Waals surface area contributed by atoms with Gasteiger partial charge in [0, 0.05) is 31.7 Å². The maximum Gasteiger partial charge on any atom is 0.171 e. The topological polar surface area (TPSA) is 73.7 Å². The Morgan fingerprint density at radius 1 is 1.56 bits per heavy atom. The summed E-state index contributed by atoms with van der Waals surface area (Å²) in [5, 5.41) is 11.6. The summed E-state index contributed by atoms with van der Waals surface area (Å²) < 4.78 is 3.56. The third-order valence-electron chi connectivity index (χ3n) is 2.26. The van der Waals surface area contributed by atoms with E-state index in [-0.39, 0.29) is 6.04 Å². The molecule has 86 valence electrons. The van der Waals surface area contributed by atoms with Gasteiger partial charge in [-0.1, -0.05) is 0 Å². The van der Waals surface area contributed by atoms with Crippen LogP contribution in [0.4, 0.5) is 11.5 Å². The minimum Gasteiger partial charge on any atom is -0.394 e. The summed E-state index contributed by atoms with van der Waals surface area (Å²) in [5.74, 6) is 0.724. The van der Waals surface area contributed by atoms with E-state index in [9.17, 15) is 0 Å². The van der Waals surface area contributed by atoms with Crippen molar-refractivity contribution in [3.05, 3.63) is 24.7 Å². The zero-order chi connectivity index (χ0) is 11.5. The number of nitrogens with zero attached hydrogens (tertiary/aromatic N) is 4. The van der Waals surface area contributed by atoms with Crippen LogP contribution in [0.1, 0.15) is 6.92 Å². The highest BCUT2D eigenvalue weighted by atomic mass is 15.3. The fourth-order valence-corrected chi connectivity index (χ4v) is 1.59. The van der Waals surface area contributed by atoms with Crippen LogP contribution in [0.2, 0.25) is 0 Å². The molecule has 2 aromatic heterocycles. The number of nitrogens with one attached hydrogen (secondary N) is 1. The molecule has 0 saturated carbocycles. The Labute approximate surface area is 94.1 Å². The van der Waals surface area contributed by atoms with Gasteiger partial charge in [0.2, 0.25) is 0 Å². The van der Waals surface area contributed by atoms with Crippen molar-refractivity contribution >= 4 is 11.5 Å². The highest BCUT2D eigenvalue weighted by Crippen LogP contribution is 2.15. The van der Waals surface area contributed by atoms with Gasteiger partial charge in [-0.05, 0) is 13.0 Å². The fourth-order valence-electron chi connectivity index (χ4n) is 1.59. The summed E-state index contributed by atoms with van der Waals surface area (Å²) in [6, 6.07) is 2.12. The molecule has 0 fully saturated rings. The van der Waals surface area contributed by atoms with E-state index >= 15 is 0 Å². The van der Waals surface area contributed by atoms with E-state index in [2.05, 4.69) is 22.4 Å². The number of nitrogens with two attached hydrogens (primary N) is 1. The molecule has 0 aromatic carbocycles. The Kier molecular flexibility index (Phi) is 2.80. The van der Waals surface area contributed by atoms with Crippen LogP contribution in [0.5, 0.6) is 0 Å². The number of hydrogen-bond acceptors (Lipinski definition) is 4. The lowest BCUT2D eigenvalue weighted by atomic mass is 10.3. The second-order valence-corrected chi connectivity index (χ2v) is 3.88. The van der Waals surface area contributed by atoms with Gasteiger partial charge in [0.15, 0.2) is 5.82 Å². The van der Waals surface area contributed by atoms with E-state index in [1.165, 1.54) is 0 Å². The number of hydrogen-bond donors (Lipinski definition) is 2. The van der Waals surface area contributed by atoms with Crippen LogP contribution in [0, 0.1) is 0 Å². The van der Waals surface area contributed by atoms with Gasteiger partial charge in [0.1, 0.15) is 0 Å². The molecule has 6 nitrogen and oxygen atoms in total. The van der Waals surface area contributed by atoms with Crippen molar-refractivity contribution < 1.29 is 0 Å². The lowest BCUT2D eigenvalue weighted by Gasteiger charge is -2.13. The van der Waals surface area contributed by atoms with Gasteiger partial charge in [-0.25, -0.2) is 0 Å². The standard InChI is InChI=1S/C10H16N6/c1-8(6-16-5-3-4-12-16)13-10-9(11)7-15(2)14-10/h3-5,7-8H,6,11H2,1-2H3,(H,13,14). The molecule has 0 spiro atoms. The van der Waals surface area contributed by atoms with Gasteiger partial charge in [-0.15, -0.1) is 0 Å². The molecular weight excluding hydrogens is 204 g/mol. The fraction of sp³-hybridized carbons (Fsp3) is 0.400. The third kappa shape index (κ3) is 2.33. The molecule has 6 heteroatoms. The zero-order valence-electron chi connectivity index (χ0n) is 9.46. The van der Waals surface area contributed by atoms with E-state index in [0.29, 0.717) is 5.69 Å². The second kappa shape index (κ2) is 4.26. The minimum absolute atomic E-state index is 0.220. The van der Waals surface area contributed by atoms with Gasteiger partial charge in [0.25, 0.3) is 0 Å². The lowest BCUT2D eigenvalue weighted by molar-refractivity contribution is 0.559. The first kappa shape index (κ1) is 10.5. The largest absolute Gasteiger partial charge is 0.394 e. The summed E-state index contributed by atoms with van der Waals surface area (Å²) in [5.41, 5.74) is 6.46. The van der Waals surface area contributed by atoms with Gasteiger partial charge < -0.3 is 11.1 Å². The molecule has 0 saturated heterocycles. The highest BCUT2D eigenvalue weighted by molar-refractivity contribution is 5.60. The Balaban J connectivity index is 1.97. The second-order valence-electron chi connectivity index (χ2n) is 3.88. The van der Waals surface area contributed by atoms with Crippen molar-refractivity contribution in [2.75, 3.05) is 11.1 Å². The summed E-state index contributed by atoms with van der Waals surface area (Å²) in [6.45, 7) is 2.85. The highest BCUT2D eigenvalue weighted by Gasteiger charge is 2.08. The van der Waals surface area contributed by atoms with Gasteiger partial charge in [-0.3, -0.25) is 9.36 Å². The Morgan fingerprint density at radius 2 is 2.38 bits per heavy atom. The number of anilines is 2. The van der Waals surface area contributed by atoms with E-state index in [1.807, 2.05) is 24.0 Å². The molecule has 0 aliphatic carbocycles. The first-order chi connectivity index (χ1) is 7.65. The SMILES string of the molecule is CC(Cn1cccn1)Nc1nn(C)cc1N. The van der Waals surface area contributed by atoms with E-state index in [4.69, 9.17) is 5.73 Å². The Hall–Kier alpha value is -1.98.